The van der Waals surface area contributed by atoms with Crippen LogP contribution in [0.25, 0.3) is 0 Å². The van der Waals surface area contributed by atoms with Crippen molar-refractivity contribution >= 4 is 5.84 Å². The molecule has 0 saturated heterocycles. The van der Waals surface area contributed by atoms with Gasteiger partial charge in [0.15, 0.2) is 0 Å². The molecule has 0 saturated carbocycles. The molecule has 5 heteroatoms. The van der Waals surface area contributed by atoms with E-state index in [-0.39, 0.29) is 11.9 Å². The molecule has 1 aliphatic rings. The van der Waals surface area contributed by atoms with Gasteiger partial charge >= 0.3 is 0 Å². The van der Waals surface area contributed by atoms with E-state index in [9.17, 15) is 0 Å². The molecule has 5 nitrogen and oxygen atoms in total. The number of imidazole rings is 1. The molecule has 0 bridgehead atoms. The van der Waals surface area contributed by atoms with Crippen LogP contribution in [0.3, 0.4) is 0 Å². The molecule has 2 rings (SSSR count). The summed E-state index contributed by atoms with van der Waals surface area (Å²) < 4.78 is 2.14. The summed E-state index contributed by atoms with van der Waals surface area (Å²) in [6, 6.07) is 0.0143. The lowest BCUT2D eigenvalue weighted by molar-refractivity contribution is 0.198. The second kappa shape index (κ2) is 3.42. The van der Waals surface area contributed by atoms with Crippen LogP contribution >= 0.6 is 0 Å². The number of fused-ring (bicyclic) bond motifs is 1. The van der Waals surface area contributed by atoms with E-state index in [4.69, 9.17) is 11.1 Å². The molecule has 1 aromatic heterocycles. The summed E-state index contributed by atoms with van der Waals surface area (Å²) in [5, 5.41) is 7.39. The van der Waals surface area contributed by atoms with Gasteiger partial charge in [-0.25, -0.2) is 4.98 Å². The molecule has 1 aromatic rings. The average Bonchev–Trinajstić information content (AvgIpc) is 2.62. The molecule has 2 heterocycles. The Balaban J connectivity index is 2.11. The van der Waals surface area contributed by atoms with Gasteiger partial charge in [-0.2, -0.15) is 0 Å². The van der Waals surface area contributed by atoms with E-state index in [1.54, 1.807) is 0 Å². The van der Waals surface area contributed by atoms with Crippen LogP contribution in [-0.4, -0.2) is 32.9 Å². The van der Waals surface area contributed by atoms with Crippen LogP contribution in [0.2, 0.25) is 0 Å². The predicted octanol–water partition coefficient (Wildman–Crippen LogP) is 0.0232. The van der Waals surface area contributed by atoms with Gasteiger partial charge in [0.25, 0.3) is 0 Å². The molecular formula is C9H15N5. The van der Waals surface area contributed by atoms with Crippen molar-refractivity contribution in [2.24, 2.45) is 5.73 Å². The van der Waals surface area contributed by atoms with E-state index in [1.165, 1.54) is 0 Å². The first kappa shape index (κ1) is 9.21. The van der Waals surface area contributed by atoms with Crippen molar-refractivity contribution in [3.05, 3.63) is 18.2 Å². The number of aromatic nitrogens is 2. The predicted molar refractivity (Wildman–Crippen MR) is 54.0 cm³/mol. The standard InChI is InChI=1S/C9H15N5/c1-7(9(10)11)14-5-4-13-3-2-12-8(13)6-14/h2-3,7H,4-6H2,1H3,(H3,10,11). The number of rotatable bonds is 2. The molecule has 1 aliphatic heterocycles. The van der Waals surface area contributed by atoms with Gasteiger partial charge in [0.1, 0.15) is 11.7 Å². The molecule has 1 atom stereocenters. The van der Waals surface area contributed by atoms with Gasteiger partial charge in [0.05, 0.1) is 12.6 Å². The maximum absolute atomic E-state index is 7.39. The summed E-state index contributed by atoms with van der Waals surface area (Å²) in [5.41, 5.74) is 5.48. The smallest absolute Gasteiger partial charge is 0.122 e. The molecule has 1 unspecified atom stereocenters. The lowest BCUT2D eigenvalue weighted by Gasteiger charge is -2.31. The highest BCUT2D eigenvalue weighted by Crippen LogP contribution is 2.12. The van der Waals surface area contributed by atoms with Gasteiger partial charge in [-0.15, -0.1) is 0 Å². The van der Waals surface area contributed by atoms with Crippen LogP contribution in [0.15, 0.2) is 12.4 Å². The molecule has 76 valence electrons. The largest absolute Gasteiger partial charge is 0.386 e. The van der Waals surface area contributed by atoms with Gasteiger partial charge in [-0.1, -0.05) is 0 Å². The van der Waals surface area contributed by atoms with Crippen molar-refractivity contribution in [2.75, 3.05) is 6.54 Å². The normalized spacial score (nSPS) is 18.9. The van der Waals surface area contributed by atoms with E-state index in [1.807, 2.05) is 19.3 Å². The summed E-state index contributed by atoms with van der Waals surface area (Å²) in [4.78, 5) is 6.43. The third-order valence-corrected chi connectivity index (χ3v) is 2.77. The quantitative estimate of drug-likeness (QED) is 0.514. The lowest BCUT2D eigenvalue weighted by Crippen LogP contribution is -2.45. The second-order valence-corrected chi connectivity index (χ2v) is 3.64. The van der Waals surface area contributed by atoms with E-state index >= 15 is 0 Å². The van der Waals surface area contributed by atoms with Crippen molar-refractivity contribution in [1.29, 1.82) is 5.41 Å². The Morgan fingerprint density at radius 2 is 2.43 bits per heavy atom. The third kappa shape index (κ3) is 1.50. The van der Waals surface area contributed by atoms with Crippen LogP contribution < -0.4 is 5.73 Å². The first-order valence-corrected chi connectivity index (χ1v) is 4.76. The third-order valence-electron chi connectivity index (χ3n) is 2.77. The minimum absolute atomic E-state index is 0.0143. The maximum Gasteiger partial charge on any atom is 0.122 e. The molecule has 0 amide bonds. The Labute approximate surface area is 83.0 Å². The van der Waals surface area contributed by atoms with Crippen LogP contribution in [0.1, 0.15) is 12.7 Å². The van der Waals surface area contributed by atoms with Gasteiger partial charge < -0.3 is 10.3 Å². The average molecular weight is 193 g/mol. The van der Waals surface area contributed by atoms with Crippen molar-refractivity contribution < 1.29 is 0 Å². The molecule has 0 fully saturated rings. The fraction of sp³-hybridized carbons (Fsp3) is 0.556. The Hall–Kier alpha value is -1.36. The fourth-order valence-corrected chi connectivity index (χ4v) is 1.72. The highest BCUT2D eigenvalue weighted by Gasteiger charge is 2.22. The van der Waals surface area contributed by atoms with Crippen molar-refractivity contribution in [3.8, 4) is 0 Å². The Morgan fingerprint density at radius 3 is 3.14 bits per heavy atom. The number of nitrogens with zero attached hydrogens (tertiary/aromatic N) is 3. The minimum atomic E-state index is 0.0143. The molecule has 0 radical (unpaired) electrons. The summed E-state index contributed by atoms with van der Waals surface area (Å²) in [6.07, 6.45) is 3.81. The molecule has 0 spiro atoms. The van der Waals surface area contributed by atoms with E-state index in [2.05, 4.69) is 14.5 Å². The topological polar surface area (TPSA) is 70.9 Å². The SMILES string of the molecule is CC(C(=N)N)N1CCn2ccnc2C1. The number of hydrogen-bond acceptors (Lipinski definition) is 3. The van der Waals surface area contributed by atoms with Crippen LogP contribution in [0.4, 0.5) is 0 Å². The molecule has 3 N–H and O–H groups in total. The molecule has 14 heavy (non-hydrogen) atoms. The summed E-state index contributed by atoms with van der Waals surface area (Å²) in [6.45, 7) is 4.62. The molecular weight excluding hydrogens is 178 g/mol. The zero-order chi connectivity index (χ0) is 10.1. The maximum atomic E-state index is 7.39. The number of hydrogen-bond donors (Lipinski definition) is 2. The second-order valence-electron chi connectivity index (χ2n) is 3.64. The van der Waals surface area contributed by atoms with E-state index in [0.717, 1.165) is 25.5 Å². The first-order valence-electron chi connectivity index (χ1n) is 4.76. The van der Waals surface area contributed by atoms with Gasteiger partial charge in [0, 0.05) is 25.5 Å². The minimum Gasteiger partial charge on any atom is -0.386 e. The lowest BCUT2D eigenvalue weighted by atomic mass is 10.2. The van der Waals surface area contributed by atoms with E-state index in [0.29, 0.717) is 0 Å². The Kier molecular flexibility index (Phi) is 2.25. The molecule has 0 aromatic carbocycles. The zero-order valence-electron chi connectivity index (χ0n) is 8.27. The van der Waals surface area contributed by atoms with Gasteiger partial charge in [0.2, 0.25) is 0 Å². The van der Waals surface area contributed by atoms with Crippen LogP contribution in [-0.2, 0) is 13.1 Å². The zero-order valence-corrected chi connectivity index (χ0v) is 8.27. The molecule has 0 aliphatic carbocycles. The van der Waals surface area contributed by atoms with Crippen molar-refractivity contribution in [3.63, 3.8) is 0 Å². The monoisotopic (exact) mass is 193 g/mol. The summed E-state index contributed by atoms with van der Waals surface area (Å²) >= 11 is 0. The van der Waals surface area contributed by atoms with E-state index < -0.39 is 0 Å². The van der Waals surface area contributed by atoms with Gasteiger partial charge in [-0.3, -0.25) is 10.3 Å². The highest BCUT2D eigenvalue weighted by molar-refractivity contribution is 5.82. The van der Waals surface area contributed by atoms with Crippen molar-refractivity contribution in [2.45, 2.75) is 26.1 Å². The highest BCUT2D eigenvalue weighted by atomic mass is 15.3. The number of nitrogens with two attached hydrogens (primary N) is 1. The Morgan fingerprint density at radius 1 is 1.64 bits per heavy atom. The first-order chi connectivity index (χ1) is 6.68. The summed E-state index contributed by atoms with van der Waals surface area (Å²) in [7, 11) is 0. The number of nitrogens with one attached hydrogen (secondary N) is 1. The van der Waals surface area contributed by atoms with Crippen LogP contribution in [0.5, 0.6) is 0 Å². The Bertz CT molecular complexity index is 343. The van der Waals surface area contributed by atoms with Crippen LogP contribution in [0, 0.1) is 5.41 Å². The fourth-order valence-electron chi connectivity index (χ4n) is 1.72. The number of amidine groups is 1. The summed E-state index contributed by atoms with van der Waals surface area (Å²) in [5.74, 6) is 1.29. The van der Waals surface area contributed by atoms with Gasteiger partial charge in [-0.05, 0) is 6.92 Å². The van der Waals surface area contributed by atoms with Crippen molar-refractivity contribution in [1.82, 2.24) is 14.5 Å².